The van der Waals surface area contributed by atoms with Crippen LogP contribution in [0.4, 0.5) is 5.82 Å². The maximum Gasteiger partial charge on any atom is 0.135 e. The van der Waals surface area contributed by atoms with E-state index < -0.39 is 0 Å². The van der Waals surface area contributed by atoms with E-state index in [4.69, 9.17) is 9.97 Å². The minimum atomic E-state index is 0.821. The predicted molar refractivity (Wildman–Crippen MR) is 124 cm³/mol. The molecular formula is C25H36N6. The highest BCUT2D eigenvalue weighted by Gasteiger charge is 2.28. The molecule has 166 valence electrons. The smallest absolute Gasteiger partial charge is 0.135 e. The third-order valence-electron chi connectivity index (χ3n) is 7.39. The fourth-order valence-electron chi connectivity index (χ4n) is 5.65. The summed E-state index contributed by atoms with van der Waals surface area (Å²) in [4.78, 5) is 22.0. The van der Waals surface area contributed by atoms with Crippen molar-refractivity contribution in [1.82, 2.24) is 24.8 Å². The number of hydrogen-bond acceptors (Lipinski definition) is 6. The second-order valence-electron chi connectivity index (χ2n) is 9.48. The van der Waals surface area contributed by atoms with Gasteiger partial charge in [-0.15, -0.1) is 0 Å². The van der Waals surface area contributed by atoms with Gasteiger partial charge in [0.1, 0.15) is 12.1 Å². The molecule has 31 heavy (non-hydrogen) atoms. The zero-order valence-electron chi connectivity index (χ0n) is 19.0. The molecule has 1 aliphatic carbocycles. The van der Waals surface area contributed by atoms with Gasteiger partial charge in [-0.25, -0.2) is 9.97 Å². The number of piperazine rings is 1. The molecule has 0 bridgehead atoms. The van der Waals surface area contributed by atoms with Crippen LogP contribution < -0.4 is 4.90 Å². The molecule has 4 heterocycles. The summed E-state index contributed by atoms with van der Waals surface area (Å²) in [5, 5.41) is 0. The van der Waals surface area contributed by atoms with Crippen molar-refractivity contribution in [3.63, 3.8) is 0 Å². The van der Waals surface area contributed by atoms with Crippen LogP contribution in [0.3, 0.4) is 0 Å². The molecule has 0 radical (unpaired) electrons. The van der Waals surface area contributed by atoms with E-state index in [1.165, 1.54) is 62.3 Å². The standard InChI is InChI=1S/C25H36N6/c1-20-6-5-7-21(28-20)18-29-12-10-23-24(11-13-29)26-19-27-25(23)31-16-14-30(15-17-31)22-8-3-2-4-9-22/h5-7,19,22H,2-4,8-18H2,1H3. The molecule has 6 nitrogen and oxygen atoms in total. The third kappa shape index (κ3) is 4.90. The number of anilines is 1. The van der Waals surface area contributed by atoms with Gasteiger partial charge in [0.15, 0.2) is 0 Å². The molecule has 2 aromatic heterocycles. The van der Waals surface area contributed by atoms with E-state index in [1.807, 2.05) is 0 Å². The number of rotatable bonds is 4. The Morgan fingerprint density at radius 3 is 2.52 bits per heavy atom. The third-order valence-corrected chi connectivity index (χ3v) is 7.39. The van der Waals surface area contributed by atoms with Gasteiger partial charge in [-0.1, -0.05) is 25.3 Å². The van der Waals surface area contributed by atoms with Crippen molar-refractivity contribution in [3.8, 4) is 0 Å². The molecular weight excluding hydrogens is 384 g/mol. The Labute approximate surface area is 186 Å². The SMILES string of the molecule is Cc1cccc(CN2CCc3ncnc(N4CCN(C5CCCCC5)CC4)c3CC2)n1. The topological polar surface area (TPSA) is 48.4 Å². The first kappa shape index (κ1) is 20.8. The summed E-state index contributed by atoms with van der Waals surface area (Å²) in [6, 6.07) is 7.14. The van der Waals surface area contributed by atoms with E-state index in [9.17, 15) is 0 Å². The Morgan fingerprint density at radius 2 is 1.71 bits per heavy atom. The predicted octanol–water partition coefficient (Wildman–Crippen LogP) is 3.24. The quantitative estimate of drug-likeness (QED) is 0.757. The monoisotopic (exact) mass is 420 g/mol. The average molecular weight is 421 g/mol. The molecule has 0 N–H and O–H groups in total. The maximum absolute atomic E-state index is 4.78. The molecule has 3 aliphatic rings. The van der Waals surface area contributed by atoms with E-state index >= 15 is 0 Å². The van der Waals surface area contributed by atoms with Gasteiger partial charge >= 0.3 is 0 Å². The molecule has 2 fully saturated rings. The van der Waals surface area contributed by atoms with Crippen molar-refractivity contribution in [3.05, 3.63) is 47.2 Å². The van der Waals surface area contributed by atoms with Gasteiger partial charge in [0.05, 0.1) is 11.4 Å². The first-order valence-corrected chi connectivity index (χ1v) is 12.2. The lowest BCUT2D eigenvalue weighted by Crippen LogP contribution is -2.51. The van der Waals surface area contributed by atoms with Crippen LogP contribution in [0.5, 0.6) is 0 Å². The number of hydrogen-bond donors (Lipinski definition) is 0. The van der Waals surface area contributed by atoms with Crippen molar-refractivity contribution >= 4 is 5.82 Å². The average Bonchev–Trinajstić information content (AvgIpc) is 3.02. The molecule has 0 amide bonds. The Hall–Kier alpha value is -2.05. The Morgan fingerprint density at radius 1 is 0.903 bits per heavy atom. The minimum absolute atomic E-state index is 0.821. The zero-order chi connectivity index (χ0) is 21.0. The number of aryl methyl sites for hydroxylation is 1. The second kappa shape index (κ2) is 9.61. The number of fused-ring (bicyclic) bond motifs is 1. The summed E-state index contributed by atoms with van der Waals surface area (Å²) in [5.41, 5.74) is 4.89. The van der Waals surface area contributed by atoms with Crippen molar-refractivity contribution in [2.24, 2.45) is 0 Å². The van der Waals surface area contributed by atoms with Crippen molar-refractivity contribution in [1.29, 1.82) is 0 Å². The maximum atomic E-state index is 4.78. The Kier molecular flexibility index (Phi) is 6.46. The highest BCUT2D eigenvalue weighted by molar-refractivity contribution is 5.49. The fraction of sp³-hybridized carbons (Fsp3) is 0.640. The lowest BCUT2D eigenvalue weighted by molar-refractivity contribution is 0.147. The molecule has 0 spiro atoms. The normalized spacial score (nSPS) is 21.6. The second-order valence-corrected chi connectivity index (χ2v) is 9.48. The Bertz CT molecular complexity index is 870. The number of nitrogens with zero attached hydrogens (tertiary/aromatic N) is 6. The molecule has 0 aromatic carbocycles. The van der Waals surface area contributed by atoms with E-state index in [0.29, 0.717) is 0 Å². The van der Waals surface area contributed by atoms with Crippen LogP contribution >= 0.6 is 0 Å². The van der Waals surface area contributed by atoms with Crippen LogP contribution in [-0.2, 0) is 19.4 Å². The summed E-state index contributed by atoms with van der Waals surface area (Å²) in [6.07, 6.45) is 10.9. The Balaban J connectivity index is 1.23. The first-order chi connectivity index (χ1) is 15.3. The van der Waals surface area contributed by atoms with Crippen LogP contribution in [0.15, 0.2) is 24.5 Å². The molecule has 1 saturated carbocycles. The minimum Gasteiger partial charge on any atom is -0.354 e. The summed E-state index contributed by atoms with van der Waals surface area (Å²) in [5.74, 6) is 1.20. The molecule has 5 rings (SSSR count). The van der Waals surface area contributed by atoms with E-state index in [1.54, 1.807) is 6.33 Å². The molecule has 2 aromatic rings. The van der Waals surface area contributed by atoms with Gasteiger partial charge in [0.25, 0.3) is 0 Å². The summed E-state index contributed by atoms with van der Waals surface area (Å²) < 4.78 is 0. The molecule has 2 aliphatic heterocycles. The van der Waals surface area contributed by atoms with Crippen LogP contribution in [-0.4, -0.2) is 70.1 Å². The van der Waals surface area contributed by atoms with E-state index in [-0.39, 0.29) is 0 Å². The largest absolute Gasteiger partial charge is 0.354 e. The van der Waals surface area contributed by atoms with E-state index in [0.717, 1.165) is 63.0 Å². The van der Waals surface area contributed by atoms with Gasteiger partial charge in [0.2, 0.25) is 0 Å². The molecule has 0 atom stereocenters. The summed E-state index contributed by atoms with van der Waals surface area (Å²) in [6.45, 7) is 9.60. The van der Waals surface area contributed by atoms with Gasteiger partial charge < -0.3 is 4.90 Å². The van der Waals surface area contributed by atoms with E-state index in [2.05, 4.69) is 44.8 Å². The summed E-state index contributed by atoms with van der Waals surface area (Å²) >= 11 is 0. The summed E-state index contributed by atoms with van der Waals surface area (Å²) in [7, 11) is 0. The van der Waals surface area contributed by atoms with Crippen LogP contribution in [0, 0.1) is 6.92 Å². The van der Waals surface area contributed by atoms with Gasteiger partial charge in [0, 0.05) is 69.5 Å². The highest BCUT2D eigenvalue weighted by Crippen LogP contribution is 2.27. The van der Waals surface area contributed by atoms with Crippen LogP contribution in [0.1, 0.15) is 54.7 Å². The van der Waals surface area contributed by atoms with Crippen molar-refractivity contribution in [2.75, 3.05) is 44.2 Å². The number of pyridine rings is 1. The van der Waals surface area contributed by atoms with Crippen molar-refractivity contribution in [2.45, 2.75) is 64.5 Å². The zero-order valence-corrected chi connectivity index (χ0v) is 19.0. The van der Waals surface area contributed by atoms with Gasteiger partial charge in [-0.2, -0.15) is 0 Å². The first-order valence-electron chi connectivity index (χ1n) is 12.2. The lowest BCUT2D eigenvalue weighted by atomic mass is 9.94. The van der Waals surface area contributed by atoms with Gasteiger partial charge in [-0.3, -0.25) is 14.8 Å². The highest BCUT2D eigenvalue weighted by atomic mass is 15.3. The van der Waals surface area contributed by atoms with Crippen LogP contribution in [0.25, 0.3) is 0 Å². The van der Waals surface area contributed by atoms with Crippen molar-refractivity contribution < 1.29 is 0 Å². The molecule has 0 unspecified atom stereocenters. The number of aromatic nitrogens is 3. The fourth-order valence-corrected chi connectivity index (χ4v) is 5.65. The molecule has 1 saturated heterocycles. The molecule has 6 heteroatoms. The van der Waals surface area contributed by atoms with Crippen LogP contribution in [0.2, 0.25) is 0 Å². The lowest BCUT2D eigenvalue weighted by Gasteiger charge is -2.41. The van der Waals surface area contributed by atoms with Gasteiger partial charge in [-0.05, 0) is 38.3 Å².